The van der Waals surface area contributed by atoms with Crippen molar-refractivity contribution in [2.75, 3.05) is 13.2 Å². The minimum atomic E-state index is -0.581. The molecule has 1 aromatic carbocycles. The first kappa shape index (κ1) is 19.8. The first-order valence-electron chi connectivity index (χ1n) is 8.84. The zero-order valence-electron chi connectivity index (χ0n) is 16.3. The van der Waals surface area contributed by atoms with Gasteiger partial charge in [0.25, 0.3) is 0 Å². The van der Waals surface area contributed by atoms with Gasteiger partial charge in [-0.1, -0.05) is 17.7 Å². The summed E-state index contributed by atoms with van der Waals surface area (Å²) in [4.78, 5) is 28.8. The average molecular weight is 398 g/mol. The van der Waals surface area contributed by atoms with Crippen LogP contribution in [0.2, 0.25) is 0 Å². The molecule has 0 unspecified atom stereocenters. The van der Waals surface area contributed by atoms with Gasteiger partial charge in [-0.3, -0.25) is 9.36 Å². The second-order valence-electron chi connectivity index (χ2n) is 6.58. The number of rotatable bonds is 7. The van der Waals surface area contributed by atoms with Gasteiger partial charge in [0.05, 0.1) is 0 Å². The second-order valence-corrected chi connectivity index (χ2v) is 7.45. The number of hydrogen-bond acceptors (Lipinski definition) is 6. The maximum Gasteiger partial charge on any atom is 0.344 e. The van der Waals surface area contributed by atoms with Crippen molar-refractivity contribution >= 4 is 23.1 Å². The second kappa shape index (κ2) is 8.39. The molecule has 7 heteroatoms. The highest BCUT2D eigenvalue weighted by atomic mass is 32.1. The van der Waals surface area contributed by atoms with Gasteiger partial charge in [0.15, 0.2) is 18.3 Å². The molecule has 2 aromatic heterocycles. The largest absolute Gasteiger partial charge is 0.482 e. The maximum atomic E-state index is 12.5. The fourth-order valence-corrected chi connectivity index (χ4v) is 3.78. The van der Waals surface area contributed by atoms with Crippen molar-refractivity contribution in [2.45, 2.75) is 27.7 Å². The fourth-order valence-electron chi connectivity index (χ4n) is 3.03. The first-order chi connectivity index (χ1) is 13.4. The smallest absolute Gasteiger partial charge is 0.344 e. The van der Waals surface area contributed by atoms with E-state index in [0.29, 0.717) is 11.3 Å². The molecule has 0 saturated carbocycles. The minimum absolute atomic E-state index is 0.241. The van der Waals surface area contributed by atoms with Crippen LogP contribution in [-0.2, 0) is 9.53 Å². The highest BCUT2D eigenvalue weighted by molar-refractivity contribution is 7.12. The maximum absolute atomic E-state index is 12.5. The van der Waals surface area contributed by atoms with Crippen molar-refractivity contribution in [3.8, 4) is 10.9 Å². The van der Waals surface area contributed by atoms with Crippen molar-refractivity contribution in [2.24, 2.45) is 0 Å². The van der Waals surface area contributed by atoms with E-state index in [1.54, 1.807) is 12.3 Å². The van der Waals surface area contributed by atoms with Crippen LogP contribution in [0.25, 0.3) is 5.13 Å². The quantitative estimate of drug-likeness (QED) is 0.445. The Hall–Kier alpha value is -2.93. The van der Waals surface area contributed by atoms with Crippen LogP contribution in [0.3, 0.4) is 0 Å². The molecule has 0 aliphatic heterocycles. The summed E-state index contributed by atoms with van der Waals surface area (Å²) < 4.78 is 12.5. The Morgan fingerprint density at radius 1 is 1.11 bits per heavy atom. The number of aryl methyl sites for hydroxylation is 3. The van der Waals surface area contributed by atoms with Crippen LogP contribution in [0.15, 0.2) is 35.8 Å². The van der Waals surface area contributed by atoms with Gasteiger partial charge in [-0.2, -0.15) is 0 Å². The highest BCUT2D eigenvalue weighted by Crippen LogP contribution is 2.23. The van der Waals surface area contributed by atoms with Crippen molar-refractivity contribution in [3.05, 3.63) is 63.9 Å². The number of Topliss-reactive ketones (excluding diaryl/α,β-unsaturated/α-hetero) is 1. The van der Waals surface area contributed by atoms with Crippen molar-refractivity contribution < 1.29 is 19.1 Å². The molecule has 0 saturated heterocycles. The van der Waals surface area contributed by atoms with E-state index in [0.717, 1.165) is 27.6 Å². The zero-order valence-corrected chi connectivity index (χ0v) is 17.1. The van der Waals surface area contributed by atoms with E-state index >= 15 is 0 Å². The summed E-state index contributed by atoms with van der Waals surface area (Å²) in [7, 11) is 0. The van der Waals surface area contributed by atoms with Gasteiger partial charge in [0, 0.05) is 28.5 Å². The third kappa shape index (κ3) is 4.31. The molecule has 3 aromatic rings. The standard InChI is InChI=1S/C21H22N2O4S/c1-13-5-6-19(14(2)9-13)26-12-20(25)27-11-18(24)17-10-15(3)23(16(17)4)21-22-7-8-28-21/h5-10H,11-12H2,1-4H3. The molecule has 2 heterocycles. The summed E-state index contributed by atoms with van der Waals surface area (Å²) in [6, 6.07) is 7.49. The Morgan fingerprint density at radius 3 is 2.57 bits per heavy atom. The SMILES string of the molecule is Cc1ccc(OCC(=O)OCC(=O)c2cc(C)n(-c3nccs3)c2C)c(C)c1. The lowest BCUT2D eigenvalue weighted by Crippen LogP contribution is -2.20. The van der Waals surface area contributed by atoms with E-state index in [2.05, 4.69) is 4.98 Å². The van der Waals surface area contributed by atoms with Gasteiger partial charge >= 0.3 is 5.97 Å². The monoisotopic (exact) mass is 398 g/mol. The summed E-state index contributed by atoms with van der Waals surface area (Å²) >= 11 is 1.49. The van der Waals surface area contributed by atoms with Crippen LogP contribution in [0.4, 0.5) is 0 Å². The topological polar surface area (TPSA) is 70.4 Å². The predicted octanol–water partition coefficient (Wildman–Crippen LogP) is 3.97. The number of ether oxygens (including phenoxy) is 2. The summed E-state index contributed by atoms with van der Waals surface area (Å²) in [6.07, 6.45) is 1.72. The zero-order chi connectivity index (χ0) is 20.3. The first-order valence-corrected chi connectivity index (χ1v) is 9.72. The number of benzene rings is 1. The minimum Gasteiger partial charge on any atom is -0.482 e. The lowest BCUT2D eigenvalue weighted by atomic mass is 10.1. The van der Waals surface area contributed by atoms with Gasteiger partial charge in [0.2, 0.25) is 5.78 Å². The average Bonchev–Trinajstić information content (AvgIpc) is 3.26. The van der Waals surface area contributed by atoms with Gasteiger partial charge in [-0.05, 0) is 45.4 Å². The number of ketones is 1. The van der Waals surface area contributed by atoms with Crippen LogP contribution in [0.1, 0.15) is 32.9 Å². The van der Waals surface area contributed by atoms with Crippen LogP contribution in [-0.4, -0.2) is 34.5 Å². The number of carbonyl (C=O) groups excluding carboxylic acids is 2. The molecule has 146 valence electrons. The number of nitrogens with zero attached hydrogens (tertiary/aromatic N) is 2. The lowest BCUT2D eigenvalue weighted by Gasteiger charge is -2.09. The summed E-state index contributed by atoms with van der Waals surface area (Å²) in [5.74, 6) is -0.210. The molecule has 3 rings (SSSR count). The Kier molecular flexibility index (Phi) is 5.94. The van der Waals surface area contributed by atoms with E-state index in [-0.39, 0.29) is 19.0 Å². The Labute approximate surface area is 167 Å². The van der Waals surface area contributed by atoms with Gasteiger partial charge in [-0.15, -0.1) is 11.3 Å². The summed E-state index contributed by atoms with van der Waals surface area (Å²) in [5, 5.41) is 2.68. The molecule has 28 heavy (non-hydrogen) atoms. The van der Waals surface area contributed by atoms with Gasteiger partial charge in [-0.25, -0.2) is 9.78 Å². The molecule has 0 bridgehead atoms. The molecule has 0 radical (unpaired) electrons. The molecule has 0 N–H and O–H groups in total. The normalized spacial score (nSPS) is 10.7. The Bertz CT molecular complexity index is 1010. The molecular formula is C21H22N2O4S. The molecule has 0 aliphatic carbocycles. The van der Waals surface area contributed by atoms with E-state index in [4.69, 9.17) is 9.47 Å². The van der Waals surface area contributed by atoms with Crippen molar-refractivity contribution in [3.63, 3.8) is 0 Å². The van der Waals surface area contributed by atoms with Gasteiger partial charge in [0.1, 0.15) is 5.75 Å². The van der Waals surface area contributed by atoms with Crippen molar-refractivity contribution in [1.82, 2.24) is 9.55 Å². The highest BCUT2D eigenvalue weighted by Gasteiger charge is 2.19. The van der Waals surface area contributed by atoms with Crippen LogP contribution < -0.4 is 4.74 Å². The van der Waals surface area contributed by atoms with E-state index < -0.39 is 5.97 Å². The van der Waals surface area contributed by atoms with Crippen molar-refractivity contribution in [1.29, 1.82) is 0 Å². The fraction of sp³-hybridized carbons (Fsp3) is 0.286. The molecule has 0 fully saturated rings. The number of thiazole rings is 1. The molecule has 0 aliphatic rings. The summed E-state index contributed by atoms with van der Waals surface area (Å²) in [6.45, 7) is 7.10. The Morgan fingerprint density at radius 2 is 1.89 bits per heavy atom. The van der Waals surface area contributed by atoms with Crippen LogP contribution in [0.5, 0.6) is 5.75 Å². The third-order valence-electron chi connectivity index (χ3n) is 4.38. The van der Waals surface area contributed by atoms with Gasteiger partial charge < -0.3 is 9.47 Å². The lowest BCUT2D eigenvalue weighted by molar-refractivity contribution is -0.144. The Balaban J connectivity index is 1.58. The third-order valence-corrected chi connectivity index (χ3v) is 5.14. The number of esters is 1. The molecular weight excluding hydrogens is 376 g/mol. The predicted molar refractivity (Wildman–Crippen MR) is 108 cm³/mol. The molecule has 0 atom stereocenters. The van der Waals surface area contributed by atoms with Crippen LogP contribution >= 0.6 is 11.3 Å². The summed E-state index contributed by atoms with van der Waals surface area (Å²) in [5.41, 5.74) is 4.27. The van der Waals surface area contributed by atoms with E-state index in [1.807, 2.05) is 55.8 Å². The molecule has 6 nitrogen and oxygen atoms in total. The van der Waals surface area contributed by atoms with Crippen LogP contribution in [0, 0.1) is 27.7 Å². The number of aromatic nitrogens is 2. The molecule has 0 amide bonds. The molecule has 0 spiro atoms. The van der Waals surface area contributed by atoms with E-state index in [1.165, 1.54) is 11.3 Å². The number of carbonyl (C=O) groups is 2. The number of hydrogen-bond donors (Lipinski definition) is 0. The van der Waals surface area contributed by atoms with E-state index in [9.17, 15) is 9.59 Å².